The first kappa shape index (κ1) is 16.5. The molecule has 0 aliphatic rings. The smallest absolute Gasteiger partial charge is 0.248 e. The summed E-state index contributed by atoms with van der Waals surface area (Å²) in [7, 11) is 0. The van der Waals surface area contributed by atoms with Crippen LogP contribution in [0, 0.1) is 13.8 Å². The summed E-state index contributed by atoms with van der Waals surface area (Å²) < 4.78 is 5.86. The van der Waals surface area contributed by atoms with E-state index in [1.165, 1.54) is 32.1 Å². The van der Waals surface area contributed by atoms with E-state index in [2.05, 4.69) is 6.92 Å². The van der Waals surface area contributed by atoms with Crippen molar-refractivity contribution in [1.29, 1.82) is 0 Å². The number of amides is 1. The minimum atomic E-state index is -0.390. The van der Waals surface area contributed by atoms with Crippen LogP contribution < -0.4 is 10.5 Å². The molecule has 3 nitrogen and oxygen atoms in total. The molecule has 0 atom stereocenters. The highest BCUT2D eigenvalue weighted by molar-refractivity contribution is 5.93. The molecule has 112 valence electrons. The van der Waals surface area contributed by atoms with Crippen LogP contribution in [0.1, 0.15) is 66.9 Å². The minimum absolute atomic E-state index is 0.390. The Morgan fingerprint density at radius 1 is 1.05 bits per heavy atom. The summed E-state index contributed by atoms with van der Waals surface area (Å²) in [6, 6.07) is 3.60. The van der Waals surface area contributed by atoms with Crippen LogP contribution >= 0.6 is 0 Å². The molecule has 0 saturated carbocycles. The zero-order valence-corrected chi connectivity index (χ0v) is 13.0. The number of primary amides is 1. The number of aryl methyl sites for hydroxylation is 2. The SMILES string of the molecule is CCCCCCCCOc1c(C)cc(C(N)=O)cc1C. The maximum absolute atomic E-state index is 11.2. The van der Waals surface area contributed by atoms with Gasteiger partial charge in [0.15, 0.2) is 0 Å². The zero-order valence-electron chi connectivity index (χ0n) is 13.0. The highest BCUT2D eigenvalue weighted by atomic mass is 16.5. The topological polar surface area (TPSA) is 52.3 Å². The Bertz CT molecular complexity index is 418. The largest absolute Gasteiger partial charge is 0.493 e. The van der Waals surface area contributed by atoms with Gasteiger partial charge in [-0.25, -0.2) is 0 Å². The molecule has 1 amide bonds. The summed E-state index contributed by atoms with van der Waals surface area (Å²) in [6.07, 6.45) is 7.52. The first-order valence-electron chi connectivity index (χ1n) is 7.60. The number of unbranched alkanes of at least 4 members (excludes halogenated alkanes) is 5. The van der Waals surface area contributed by atoms with Crippen LogP contribution in [0.4, 0.5) is 0 Å². The summed E-state index contributed by atoms with van der Waals surface area (Å²) in [5.74, 6) is 0.502. The van der Waals surface area contributed by atoms with E-state index in [0.29, 0.717) is 5.56 Å². The number of hydrogen-bond donors (Lipinski definition) is 1. The number of rotatable bonds is 9. The third-order valence-electron chi connectivity index (χ3n) is 3.49. The maximum Gasteiger partial charge on any atom is 0.248 e. The fourth-order valence-corrected chi connectivity index (χ4v) is 2.38. The van der Waals surface area contributed by atoms with Gasteiger partial charge in [-0.05, 0) is 43.5 Å². The van der Waals surface area contributed by atoms with Gasteiger partial charge in [-0.3, -0.25) is 4.79 Å². The van der Waals surface area contributed by atoms with Gasteiger partial charge >= 0.3 is 0 Å². The molecule has 0 bridgehead atoms. The molecule has 0 radical (unpaired) electrons. The van der Waals surface area contributed by atoms with Crippen LogP contribution in [0.3, 0.4) is 0 Å². The first-order valence-corrected chi connectivity index (χ1v) is 7.60. The monoisotopic (exact) mass is 277 g/mol. The molecule has 0 saturated heterocycles. The molecule has 2 N–H and O–H groups in total. The second-order valence-electron chi connectivity index (χ2n) is 5.42. The third kappa shape index (κ3) is 5.24. The fraction of sp³-hybridized carbons (Fsp3) is 0.588. The van der Waals surface area contributed by atoms with Crippen molar-refractivity contribution in [2.45, 2.75) is 59.3 Å². The lowest BCUT2D eigenvalue weighted by atomic mass is 10.1. The lowest BCUT2D eigenvalue weighted by Gasteiger charge is -2.13. The average molecular weight is 277 g/mol. The Balaban J connectivity index is 2.42. The lowest BCUT2D eigenvalue weighted by Crippen LogP contribution is -2.12. The van der Waals surface area contributed by atoms with Gasteiger partial charge in [0, 0.05) is 5.56 Å². The second-order valence-corrected chi connectivity index (χ2v) is 5.42. The van der Waals surface area contributed by atoms with Crippen molar-refractivity contribution in [3.8, 4) is 5.75 Å². The van der Waals surface area contributed by atoms with Gasteiger partial charge in [0.1, 0.15) is 5.75 Å². The van der Waals surface area contributed by atoms with Gasteiger partial charge in [0.2, 0.25) is 5.91 Å². The van der Waals surface area contributed by atoms with Crippen LogP contribution in [0.15, 0.2) is 12.1 Å². The third-order valence-corrected chi connectivity index (χ3v) is 3.49. The van der Waals surface area contributed by atoms with Crippen LogP contribution in [0.5, 0.6) is 5.75 Å². The summed E-state index contributed by atoms with van der Waals surface area (Å²) in [6.45, 7) is 6.88. The predicted molar refractivity (Wildman–Crippen MR) is 83.3 cm³/mol. The van der Waals surface area contributed by atoms with Gasteiger partial charge in [-0.15, -0.1) is 0 Å². The van der Waals surface area contributed by atoms with Gasteiger partial charge in [-0.1, -0.05) is 39.0 Å². The van der Waals surface area contributed by atoms with E-state index in [1.54, 1.807) is 12.1 Å². The van der Waals surface area contributed by atoms with Gasteiger partial charge in [0.25, 0.3) is 0 Å². The quantitative estimate of drug-likeness (QED) is 0.690. The summed E-state index contributed by atoms with van der Waals surface area (Å²) >= 11 is 0. The van der Waals surface area contributed by atoms with E-state index in [0.717, 1.165) is 29.9 Å². The van der Waals surface area contributed by atoms with E-state index in [9.17, 15) is 4.79 Å². The van der Waals surface area contributed by atoms with Crippen LogP contribution in [0.25, 0.3) is 0 Å². The molecule has 1 aromatic carbocycles. The van der Waals surface area contributed by atoms with Crippen molar-refractivity contribution in [3.05, 3.63) is 28.8 Å². The number of ether oxygens (including phenoxy) is 1. The molecule has 0 aliphatic heterocycles. The molecular formula is C17H27NO2. The molecule has 0 spiro atoms. The van der Waals surface area contributed by atoms with Crippen molar-refractivity contribution in [2.24, 2.45) is 5.73 Å². The first-order chi connectivity index (χ1) is 9.56. The molecular weight excluding hydrogens is 250 g/mol. The van der Waals surface area contributed by atoms with E-state index < -0.39 is 5.91 Å². The van der Waals surface area contributed by atoms with E-state index in [-0.39, 0.29) is 0 Å². The standard InChI is InChI=1S/C17H27NO2/c1-4-5-6-7-8-9-10-20-16-13(2)11-15(17(18)19)12-14(16)3/h11-12H,4-10H2,1-3H3,(H2,18,19). The molecule has 0 unspecified atom stereocenters. The molecule has 0 fully saturated rings. The zero-order chi connectivity index (χ0) is 15.0. The van der Waals surface area contributed by atoms with Crippen LogP contribution in [0.2, 0.25) is 0 Å². The van der Waals surface area contributed by atoms with Crippen molar-refractivity contribution in [1.82, 2.24) is 0 Å². The highest BCUT2D eigenvalue weighted by Crippen LogP contribution is 2.25. The minimum Gasteiger partial charge on any atom is -0.493 e. The molecule has 0 aromatic heterocycles. The highest BCUT2D eigenvalue weighted by Gasteiger charge is 2.09. The Hall–Kier alpha value is -1.51. The Labute approximate surface area is 122 Å². The van der Waals surface area contributed by atoms with Crippen molar-refractivity contribution in [2.75, 3.05) is 6.61 Å². The summed E-state index contributed by atoms with van der Waals surface area (Å²) in [5.41, 5.74) is 7.80. The normalized spacial score (nSPS) is 10.6. The molecule has 1 aromatic rings. The number of carbonyl (C=O) groups excluding carboxylic acids is 1. The average Bonchev–Trinajstić information content (AvgIpc) is 2.40. The van der Waals surface area contributed by atoms with Crippen molar-refractivity contribution in [3.63, 3.8) is 0 Å². The summed E-state index contributed by atoms with van der Waals surface area (Å²) in [5, 5.41) is 0. The van der Waals surface area contributed by atoms with E-state index >= 15 is 0 Å². The fourth-order valence-electron chi connectivity index (χ4n) is 2.38. The Morgan fingerprint density at radius 3 is 2.15 bits per heavy atom. The molecule has 1 rings (SSSR count). The molecule has 3 heteroatoms. The Kier molecular flexibility index (Phi) is 7.13. The predicted octanol–water partition coefficient (Wildman–Crippen LogP) is 4.14. The lowest BCUT2D eigenvalue weighted by molar-refractivity contribution is 0.1000. The van der Waals surface area contributed by atoms with Gasteiger partial charge < -0.3 is 10.5 Å². The molecule has 20 heavy (non-hydrogen) atoms. The molecule has 0 aliphatic carbocycles. The number of hydrogen-bond acceptors (Lipinski definition) is 2. The number of benzene rings is 1. The van der Waals surface area contributed by atoms with Gasteiger partial charge in [-0.2, -0.15) is 0 Å². The second kappa shape index (κ2) is 8.62. The summed E-state index contributed by atoms with van der Waals surface area (Å²) in [4.78, 5) is 11.2. The van der Waals surface area contributed by atoms with Crippen molar-refractivity contribution >= 4 is 5.91 Å². The number of nitrogens with two attached hydrogens (primary N) is 1. The van der Waals surface area contributed by atoms with Crippen LogP contribution in [-0.2, 0) is 0 Å². The van der Waals surface area contributed by atoms with Crippen molar-refractivity contribution < 1.29 is 9.53 Å². The van der Waals surface area contributed by atoms with E-state index in [4.69, 9.17) is 10.5 Å². The number of carbonyl (C=O) groups is 1. The molecule has 0 heterocycles. The Morgan fingerprint density at radius 2 is 1.60 bits per heavy atom. The van der Waals surface area contributed by atoms with Crippen LogP contribution in [-0.4, -0.2) is 12.5 Å². The maximum atomic E-state index is 11.2. The van der Waals surface area contributed by atoms with Gasteiger partial charge in [0.05, 0.1) is 6.61 Å². The van der Waals surface area contributed by atoms with E-state index in [1.807, 2.05) is 13.8 Å².